The molecule has 5 nitrogen and oxygen atoms in total. The van der Waals surface area contributed by atoms with Crippen LogP contribution < -0.4 is 4.74 Å². The molecule has 0 fully saturated rings. The third-order valence-electron chi connectivity index (χ3n) is 6.47. The van der Waals surface area contributed by atoms with Crippen molar-refractivity contribution in [2.45, 2.75) is 50.9 Å². The molecule has 1 aromatic heterocycles. The minimum atomic E-state index is -0.831. The minimum Gasteiger partial charge on any atom is -0.494 e. The first-order valence-electron chi connectivity index (χ1n) is 12.9. The molecule has 204 valence electrons. The number of ether oxygens (including phenoxy) is 1. The zero-order valence-corrected chi connectivity index (χ0v) is 23.5. The number of hydrogen-bond donors (Lipinski definition) is 1. The Labute approximate surface area is 238 Å². The molecule has 1 unspecified atom stereocenters. The molecule has 0 spiro atoms. The number of benzene rings is 2. The summed E-state index contributed by atoms with van der Waals surface area (Å²) in [5.41, 5.74) is 4.07. The molecule has 1 N–H and O–H groups in total. The fourth-order valence-corrected chi connectivity index (χ4v) is 5.04. The number of hydrogen-bond acceptors (Lipinski definition) is 3. The maximum absolute atomic E-state index is 15.4. The molecule has 1 heterocycles. The second-order valence-electron chi connectivity index (χ2n) is 9.65. The van der Waals surface area contributed by atoms with Crippen molar-refractivity contribution in [1.29, 1.82) is 0 Å². The van der Waals surface area contributed by atoms with Crippen molar-refractivity contribution in [1.82, 2.24) is 9.55 Å². The first kappa shape index (κ1) is 28.7. The third-order valence-corrected chi connectivity index (χ3v) is 7.08. The van der Waals surface area contributed by atoms with E-state index in [4.69, 9.17) is 33.0 Å². The number of alkyl halides is 1. The predicted octanol–water partition coefficient (Wildman–Crippen LogP) is 8.58. The van der Waals surface area contributed by atoms with Crippen LogP contribution in [0.2, 0.25) is 0 Å². The van der Waals surface area contributed by atoms with E-state index in [2.05, 4.69) is 4.98 Å². The third kappa shape index (κ3) is 7.61. The van der Waals surface area contributed by atoms with E-state index in [1.807, 2.05) is 80.7 Å². The van der Waals surface area contributed by atoms with Crippen molar-refractivity contribution in [3.63, 3.8) is 0 Å². The zero-order chi connectivity index (χ0) is 28.0. The van der Waals surface area contributed by atoms with Crippen LogP contribution in [0.15, 0.2) is 71.9 Å². The minimum absolute atomic E-state index is 0.0822. The Morgan fingerprint density at radius 2 is 1.85 bits per heavy atom. The van der Waals surface area contributed by atoms with Gasteiger partial charge in [0.1, 0.15) is 5.75 Å². The summed E-state index contributed by atoms with van der Waals surface area (Å²) in [4.78, 5) is 14.7. The number of imidazole rings is 1. The van der Waals surface area contributed by atoms with E-state index in [0.29, 0.717) is 41.6 Å². The Bertz CT molecular complexity index is 1400. The number of carboxylic acid groups (broad SMARTS) is 1. The van der Waals surface area contributed by atoms with Crippen LogP contribution in [0.5, 0.6) is 5.75 Å². The zero-order valence-electron chi connectivity index (χ0n) is 22.0. The molecule has 0 amide bonds. The number of halogens is 3. The lowest BCUT2D eigenvalue weighted by atomic mass is 10.0. The molecule has 4 rings (SSSR count). The number of rotatable bonds is 10. The Morgan fingerprint density at radius 3 is 2.49 bits per heavy atom. The summed E-state index contributed by atoms with van der Waals surface area (Å²) in [5, 5.41) is 9.23. The molecule has 0 bridgehead atoms. The van der Waals surface area contributed by atoms with E-state index in [1.165, 1.54) is 6.08 Å². The van der Waals surface area contributed by atoms with Gasteiger partial charge < -0.3 is 14.4 Å². The van der Waals surface area contributed by atoms with Crippen LogP contribution in [0.3, 0.4) is 0 Å². The lowest BCUT2D eigenvalue weighted by Gasteiger charge is -2.14. The molecule has 0 saturated heterocycles. The molecule has 0 saturated carbocycles. The van der Waals surface area contributed by atoms with Crippen molar-refractivity contribution in [2.24, 2.45) is 0 Å². The molecular weight excluding hydrogens is 538 g/mol. The smallest absolute Gasteiger partial charge is 0.303 e. The van der Waals surface area contributed by atoms with Crippen LogP contribution in [0.4, 0.5) is 4.39 Å². The van der Waals surface area contributed by atoms with Gasteiger partial charge in [-0.3, -0.25) is 4.79 Å². The van der Waals surface area contributed by atoms with Gasteiger partial charge in [-0.05, 0) is 74.1 Å². The summed E-state index contributed by atoms with van der Waals surface area (Å²) >= 11 is 13.1. The van der Waals surface area contributed by atoms with Gasteiger partial charge in [0, 0.05) is 29.8 Å². The van der Waals surface area contributed by atoms with E-state index >= 15 is 4.39 Å². The number of carboxylic acids is 1. The van der Waals surface area contributed by atoms with Gasteiger partial charge in [-0.1, -0.05) is 54.1 Å². The van der Waals surface area contributed by atoms with Gasteiger partial charge >= 0.3 is 5.97 Å². The summed E-state index contributed by atoms with van der Waals surface area (Å²) in [7, 11) is 0. The highest BCUT2D eigenvalue weighted by Gasteiger charge is 2.24. The second kappa shape index (κ2) is 12.7. The van der Waals surface area contributed by atoms with Crippen LogP contribution in [0, 0.1) is 0 Å². The van der Waals surface area contributed by atoms with Gasteiger partial charge in [0.05, 0.1) is 17.2 Å². The molecule has 0 radical (unpaired) electrons. The molecule has 1 atom stereocenters. The van der Waals surface area contributed by atoms with Gasteiger partial charge in [0.15, 0.2) is 11.7 Å². The largest absolute Gasteiger partial charge is 0.494 e. The molecule has 1 aliphatic carbocycles. The molecule has 1 aliphatic rings. The topological polar surface area (TPSA) is 64.4 Å². The number of aliphatic carboxylic acids is 1. The molecule has 2 aromatic carbocycles. The maximum atomic E-state index is 15.4. The van der Waals surface area contributed by atoms with E-state index in [0.717, 1.165) is 29.5 Å². The normalized spacial score (nSPS) is 17.8. The predicted molar refractivity (Wildman–Crippen MR) is 157 cm³/mol. The molecular formula is C31H31Cl2FN2O3. The lowest BCUT2D eigenvalue weighted by molar-refractivity contribution is -0.137. The van der Waals surface area contributed by atoms with Crippen LogP contribution in [-0.4, -0.2) is 32.1 Å². The number of carbonyl (C=O) groups is 1. The first-order valence-corrected chi connectivity index (χ1v) is 13.7. The number of aryl methyl sites for hydroxylation is 1. The van der Waals surface area contributed by atoms with Crippen LogP contribution in [-0.2, 0) is 11.3 Å². The Balaban J connectivity index is 1.47. The van der Waals surface area contributed by atoms with Gasteiger partial charge in [-0.2, -0.15) is 0 Å². The highest BCUT2D eigenvalue weighted by atomic mass is 35.5. The highest BCUT2D eigenvalue weighted by Crippen LogP contribution is 2.37. The SMILES string of the molecule is CCn1cc(C2=CCCC(C)(Cl)C=C2Cl)nc1/C(F)=C/c1ccc(-c2ccc(OCCCC(=O)O)cc2)cc1. The van der Waals surface area contributed by atoms with Crippen LogP contribution in [0.1, 0.15) is 56.6 Å². The molecule has 0 aliphatic heterocycles. The van der Waals surface area contributed by atoms with Crippen molar-refractivity contribution < 1.29 is 19.0 Å². The number of allylic oxidation sites excluding steroid dienone is 4. The van der Waals surface area contributed by atoms with E-state index in [9.17, 15) is 4.79 Å². The number of aromatic nitrogens is 2. The van der Waals surface area contributed by atoms with E-state index < -0.39 is 16.7 Å². The standard InChI is InChI=1S/C31H31Cl2FN2O3/c1-3-36-20-28(25-6-4-16-31(2,33)19-26(25)32)35-30(36)27(34)18-21-8-10-22(11-9-21)23-12-14-24(15-13-23)39-17-5-7-29(37)38/h6,8-15,18-20H,3-5,7,16-17H2,1-2H3,(H,37,38)/b27-18-. The van der Waals surface area contributed by atoms with Crippen molar-refractivity contribution >= 4 is 46.6 Å². The van der Waals surface area contributed by atoms with E-state index in [1.54, 1.807) is 4.57 Å². The van der Waals surface area contributed by atoms with Crippen molar-refractivity contribution in [3.05, 3.63) is 89.0 Å². The maximum Gasteiger partial charge on any atom is 0.303 e. The lowest BCUT2D eigenvalue weighted by Crippen LogP contribution is -2.10. The Kier molecular flexibility index (Phi) is 9.31. The molecule has 3 aromatic rings. The summed E-state index contributed by atoms with van der Waals surface area (Å²) in [5.74, 6) is -0.331. The fraction of sp³-hybridized carbons (Fsp3) is 0.290. The Hall–Kier alpha value is -3.35. The summed E-state index contributed by atoms with van der Waals surface area (Å²) < 4.78 is 22.8. The van der Waals surface area contributed by atoms with Gasteiger partial charge in [-0.15, -0.1) is 11.6 Å². The highest BCUT2D eigenvalue weighted by molar-refractivity contribution is 6.38. The van der Waals surface area contributed by atoms with Gasteiger partial charge in [-0.25, -0.2) is 9.37 Å². The average molecular weight is 570 g/mol. The van der Waals surface area contributed by atoms with Crippen LogP contribution >= 0.6 is 23.2 Å². The summed E-state index contributed by atoms with van der Waals surface area (Å²) in [6.07, 6.45) is 9.19. The average Bonchev–Trinajstić information content (AvgIpc) is 3.28. The quantitative estimate of drug-likeness (QED) is 0.196. The summed E-state index contributed by atoms with van der Waals surface area (Å²) in [6.45, 7) is 4.78. The fourth-order valence-electron chi connectivity index (χ4n) is 4.35. The molecule has 8 heteroatoms. The molecule has 39 heavy (non-hydrogen) atoms. The van der Waals surface area contributed by atoms with E-state index in [-0.39, 0.29) is 12.2 Å². The monoisotopic (exact) mass is 568 g/mol. The van der Waals surface area contributed by atoms with Crippen molar-refractivity contribution in [2.75, 3.05) is 6.61 Å². The van der Waals surface area contributed by atoms with Crippen molar-refractivity contribution in [3.8, 4) is 16.9 Å². The van der Waals surface area contributed by atoms with Gasteiger partial charge in [0.2, 0.25) is 0 Å². The van der Waals surface area contributed by atoms with Gasteiger partial charge in [0.25, 0.3) is 0 Å². The Morgan fingerprint density at radius 1 is 1.18 bits per heavy atom. The van der Waals surface area contributed by atoms with Crippen LogP contribution in [0.25, 0.3) is 28.6 Å². The number of nitrogens with zero attached hydrogens (tertiary/aromatic N) is 2. The second-order valence-corrected chi connectivity index (χ2v) is 10.9. The first-order chi connectivity index (χ1) is 18.6. The summed E-state index contributed by atoms with van der Waals surface area (Å²) in [6, 6.07) is 15.2.